The van der Waals surface area contributed by atoms with E-state index in [4.69, 9.17) is 0 Å². The summed E-state index contributed by atoms with van der Waals surface area (Å²) >= 11 is 0. The average Bonchev–Trinajstić information content (AvgIpc) is 2.32. The van der Waals surface area contributed by atoms with E-state index in [9.17, 15) is 4.79 Å². The Balaban J connectivity index is 1.89. The highest BCUT2D eigenvalue weighted by Gasteiger charge is 2.48. The third kappa shape index (κ3) is 1.27. The quantitative estimate of drug-likeness (QED) is 0.668. The standard InChI is InChI=1S/C12H19NO/c14-8-13-12-5-9-1-2-10(6-12)4-11(3-9)7-12/h8-11H,1-7H2,(H,13,14)/t9-,10-,11?,12?/m1/s1. The first-order valence-electron chi connectivity index (χ1n) is 6.01. The number of hydrogen-bond donors (Lipinski definition) is 1. The Morgan fingerprint density at radius 3 is 2.14 bits per heavy atom. The Bertz CT molecular complexity index is 235. The molecule has 0 radical (unpaired) electrons. The highest BCUT2D eigenvalue weighted by Crippen LogP contribution is 2.52. The van der Waals surface area contributed by atoms with E-state index in [2.05, 4.69) is 5.32 Å². The molecule has 1 N–H and O–H groups in total. The average molecular weight is 193 g/mol. The Kier molecular flexibility index (Phi) is 1.86. The van der Waals surface area contributed by atoms with Gasteiger partial charge in [-0.05, 0) is 49.9 Å². The molecule has 2 nitrogen and oxygen atoms in total. The molecule has 4 fully saturated rings. The third-order valence-corrected chi connectivity index (χ3v) is 4.72. The maximum absolute atomic E-state index is 10.7. The molecule has 4 bridgehead atoms. The van der Waals surface area contributed by atoms with E-state index in [0.717, 1.165) is 24.2 Å². The maximum atomic E-state index is 10.7. The van der Waals surface area contributed by atoms with Crippen LogP contribution in [0.1, 0.15) is 44.9 Å². The van der Waals surface area contributed by atoms with Crippen molar-refractivity contribution >= 4 is 6.41 Å². The number of hydrogen-bond acceptors (Lipinski definition) is 1. The van der Waals surface area contributed by atoms with Gasteiger partial charge in [-0.15, -0.1) is 0 Å². The number of rotatable bonds is 2. The predicted molar refractivity (Wildman–Crippen MR) is 54.7 cm³/mol. The van der Waals surface area contributed by atoms with Crippen LogP contribution in [0.2, 0.25) is 0 Å². The summed E-state index contributed by atoms with van der Waals surface area (Å²) in [6.07, 6.45) is 10.5. The SMILES string of the molecule is O=CNC12CC3C[C@@H](CC[C@H](C3)C1)C2. The summed E-state index contributed by atoms with van der Waals surface area (Å²) in [5.74, 6) is 2.74. The van der Waals surface area contributed by atoms with Crippen molar-refractivity contribution in [1.29, 1.82) is 0 Å². The molecule has 0 spiro atoms. The topological polar surface area (TPSA) is 29.1 Å². The summed E-state index contributed by atoms with van der Waals surface area (Å²) in [7, 11) is 0. The van der Waals surface area contributed by atoms with Crippen LogP contribution in [0.3, 0.4) is 0 Å². The minimum Gasteiger partial charge on any atom is -0.353 e. The van der Waals surface area contributed by atoms with Gasteiger partial charge in [0.05, 0.1) is 0 Å². The van der Waals surface area contributed by atoms with Gasteiger partial charge in [-0.2, -0.15) is 0 Å². The fraction of sp³-hybridized carbons (Fsp3) is 0.917. The molecule has 2 heteroatoms. The molecular formula is C12H19NO. The van der Waals surface area contributed by atoms with Crippen LogP contribution in [0.25, 0.3) is 0 Å². The smallest absolute Gasteiger partial charge is 0.207 e. The fourth-order valence-corrected chi connectivity index (χ4v) is 4.49. The summed E-state index contributed by atoms with van der Waals surface area (Å²) in [6, 6.07) is 0. The third-order valence-electron chi connectivity index (χ3n) is 4.72. The molecule has 4 saturated carbocycles. The lowest BCUT2D eigenvalue weighted by Crippen LogP contribution is -2.53. The van der Waals surface area contributed by atoms with Gasteiger partial charge in [-0.3, -0.25) is 4.79 Å². The van der Waals surface area contributed by atoms with Crippen LogP contribution in [0.15, 0.2) is 0 Å². The van der Waals surface area contributed by atoms with E-state index in [1.807, 2.05) is 0 Å². The second kappa shape index (κ2) is 2.98. The molecule has 2 atom stereocenters. The van der Waals surface area contributed by atoms with Crippen LogP contribution < -0.4 is 5.32 Å². The van der Waals surface area contributed by atoms with E-state index in [1.165, 1.54) is 44.9 Å². The number of carbonyl (C=O) groups is 1. The lowest BCUT2D eigenvalue weighted by molar-refractivity contribution is -0.112. The van der Waals surface area contributed by atoms with E-state index in [0.29, 0.717) is 0 Å². The molecule has 0 unspecified atom stereocenters. The summed E-state index contributed by atoms with van der Waals surface area (Å²) in [5, 5.41) is 3.15. The second-order valence-electron chi connectivity index (χ2n) is 5.80. The first-order valence-corrected chi connectivity index (χ1v) is 6.01. The fourth-order valence-electron chi connectivity index (χ4n) is 4.49. The molecule has 14 heavy (non-hydrogen) atoms. The minimum atomic E-state index is 0.217. The zero-order chi connectivity index (χ0) is 9.60. The Morgan fingerprint density at radius 2 is 1.57 bits per heavy atom. The van der Waals surface area contributed by atoms with Gasteiger partial charge in [0.2, 0.25) is 6.41 Å². The normalized spacial score (nSPS) is 50.1. The van der Waals surface area contributed by atoms with Crippen LogP contribution in [0, 0.1) is 17.8 Å². The van der Waals surface area contributed by atoms with E-state index in [1.54, 1.807) is 0 Å². The number of carbonyl (C=O) groups excluding carboxylic acids is 1. The molecule has 0 aromatic rings. The van der Waals surface area contributed by atoms with Gasteiger partial charge in [0.15, 0.2) is 0 Å². The lowest BCUT2D eigenvalue weighted by Gasteiger charge is -2.48. The van der Waals surface area contributed by atoms with Crippen LogP contribution >= 0.6 is 0 Å². The van der Waals surface area contributed by atoms with Gasteiger partial charge in [0.1, 0.15) is 0 Å². The molecule has 0 heterocycles. The Morgan fingerprint density at radius 1 is 1.00 bits per heavy atom. The van der Waals surface area contributed by atoms with Crippen molar-refractivity contribution in [3.8, 4) is 0 Å². The molecule has 4 rings (SSSR count). The number of nitrogens with one attached hydrogen (secondary N) is 1. The van der Waals surface area contributed by atoms with Crippen LogP contribution in [-0.2, 0) is 4.79 Å². The van der Waals surface area contributed by atoms with Crippen molar-refractivity contribution < 1.29 is 4.79 Å². The molecule has 0 saturated heterocycles. The summed E-state index contributed by atoms with van der Waals surface area (Å²) in [6.45, 7) is 0. The van der Waals surface area contributed by atoms with Crippen molar-refractivity contribution in [3.63, 3.8) is 0 Å². The molecule has 4 aliphatic rings. The minimum absolute atomic E-state index is 0.217. The van der Waals surface area contributed by atoms with Crippen molar-refractivity contribution in [3.05, 3.63) is 0 Å². The van der Waals surface area contributed by atoms with Crippen molar-refractivity contribution in [2.45, 2.75) is 50.5 Å². The molecule has 78 valence electrons. The van der Waals surface area contributed by atoms with Gasteiger partial charge in [-0.1, -0.05) is 12.8 Å². The van der Waals surface area contributed by atoms with E-state index in [-0.39, 0.29) is 5.54 Å². The summed E-state index contributed by atoms with van der Waals surface area (Å²) in [5.41, 5.74) is 0.217. The second-order valence-corrected chi connectivity index (χ2v) is 5.80. The largest absolute Gasteiger partial charge is 0.353 e. The number of fused-ring (bicyclic) bond motifs is 1. The van der Waals surface area contributed by atoms with Gasteiger partial charge < -0.3 is 5.32 Å². The van der Waals surface area contributed by atoms with E-state index >= 15 is 0 Å². The summed E-state index contributed by atoms with van der Waals surface area (Å²) in [4.78, 5) is 10.7. The van der Waals surface area contributed by atoms with Gasteiger partial charge >= 0.3 is 0 Å². The lowest BCUT2D eigenvalue weighted by atomic mass is 9.63. The highest BCUT2D eigenvalue weighted by atomic mass is 16.1. The summed E-state index contributed by atoms with van der Waals surface area (Å²) < 4.78 is 0. The van der Waals surface area contributed by atoms with Crippen molar-refractivity contribution in [2.75, 3.05) is 0 Å². The monoisotopic (exact) mass is 193 g/mol. The molecule has 0 aromatic heterocycles. The van der Waals surface area contributed by atoms with Crippen LogP contribution in [-0.4, -0.2) is 11.9 Å². The molecule has 0 aromatic carbocycles. The molecule has 4 aliphatic carbocycles. The number of amides is 1. The van der Waals surface area contributed by atoms with Crippen LogP contribution in [0.4, 0.5) is 0 Å². The first kappa shape index (κ1) is 8.75. The van der Waals surface area contributed by atoms with Crippen LogP contribution in [0.5, 0.6) is 0 Å². The predicted octanol–water partition coefficient (Wildman–Crippen LogP) is 2.09. The van der Waals surface area contributed by atoms with Crippen molar-refractivity contribution in [2.24, 2.45) is 17.8 Å². The highest BCUT2D eigenvalue weighted by molar-refractivity contribution is 5.48. The zero-order valence-electron chi connectivity index (χ0n) is 8.67. The first-order chi connectivity index (χ1) is 6.80. The van der Waals surface area contributed by atoms with E-state index < -0.39 is 0 Å². The van der Waals surface area contributed by atoms with Gasteiger partial charge in [-0.25, -0.2) is 0 Å². The molecular weight excluding hydrogens is 174 g/mol. The molecule has 1 amide bonds. The van der Waals surface area contributed by atoms with Gasteiger partial charge in [0.25, 0.3) is 0 Å². The Hall–Kier alpha value is -0.530. The van der Waals surface area contributed by atoms with Crippen molar-refractivity contribution in [1.82, 2.24) is 5.32 Å². The Labute approximate surface area is 85.4 Å². The maximum Gasteiger partial charge on any atom is 0.207 e. The molecule has 0 aliphatic heterocycles. The zero-order valence-corrected chi connectivity index (χ0v) is 8.67. The van der Waals surface area contributed by atoms with Gasteiger partial charge in [0, 0.05) is 5.54 Å².